The molecular formula is C40H75F3O12Si8. The van der Waals surface area contributed by atoms with Crippen LogP contribution in [0.4, 0.5) is 13.2 Å². The van der Waals surface area contributed by atoms with Crippen molar-refractivity contribution in [1.29, 1.82) is 0 Å². The van der Waals surface area contributed by atoms with Gasteiger partial charge in [0, 0.05) is 45.2 Å². The molecule has 2 N–H and O–H groups in total. The molecule has 0 aromatic carbocycles. The summed E-state index contributed by atoms with van der Waals surface area (Å²) in [7, 11) is -33.7. The van der Waals surface area contributed by atoms with Crippen molar-refractivity contribution in [3.05, 3.63) is 0 Å². The van der Waals surface area contributed by atoms with Gasteiger partial charge in [-0.3, -0.25) is 0 Å². The van der Waals surface area contributed by atoms with Crippen LogP contribution in [0.15, 0.2) is 0 Å². The van der Waals surface area contributed by atoms with Crippen molar-refractivity contribution in [3.8, 4) is 0 Å². The van der Waals surface area contributed by atoms with Crippen LogP contribution in [0.1, 0.15) is 186 Å². The fourth-order valence-corrected chi connectivity index (χ4v) is 62.2. The molecule has 10 aliphatic rings. The van der Waals surface area contributed by atoms with Gasteiger partial charge in [0.25, 0.3) is 0 Å². The average Bonchev–Trinajstić information content (AvgIpc) is 4.09. The minimum atomic E-state index is -4.46. The number of hydrogen-bond donors (Lipinski definition) is 2. The molecule has 0 aromatic rings. The SMILES string of the molecule is C[Si](C)(CCC(F)(F)F)O[Si]1(C2CCCC2)O[Si]2(C3CCCC3)O[Si](O)(C3CCCC3)O[Si]3(C4CCCC4)O[Si](O)(C4CCCC4)O[Si](C4CCCC4)(O1)O[Si](C1CCCC1)(O3)O2. The third-order valence-electron chi connectivity index (χ3n) is 17.0. The maximum absolute atomic E-state index is 14.2. The smallest absolute Gasteiger partial charge is 0.416 e. The van der Waals surface area contributed by atoms with Gasteiger partial charge in [-0.1, -0.05) is 89.9 Å². The summed E-state index contributed by atoms with van der Waals surface area (Å²) in [5.74, 6) is 0. The molecule has 0 spiro atoms. The van der Waals surface area contributed by atoms with Crippen molar-refractivity contribution >= 4 is 69.9 Å². The molecule has 0 radical (unpaired) electrons. The van der Waals surface area contributed by atoms with Gasteiger partial charge < -0.3 is 50.7 Å². The third-order valence-corrected chi connectivity index (χ3v) is 53.5. The topological polar surface area (TPSA) is 133 Å². The van der Waals surface area contributed by atoms with Crippen LogP contribution < -0.4 is 0 Å². The standard InChI is InChI=1S/C40H75F3O12Si8/c1-56(2,32-31-40(41,42)43)46-59(35-21-7-8-22-35)51-61(37-25-11-12-26-37)49-57(44,33-17-3-4-18-33)47-60(36-23-9-10-24-36)48-58(45,34-19-5-6-20-34)50-62(52-59,38-27-13-14-28-38)55-63(53-60,54-61)39-29-15-16-30-39/h33-39,44-45H,3-32H2,1-2H3. The van der Waals surface area contributed by atoms with E-state index in [1.54, 1.807) is 0 Å². The Kier molecular flexibility index (Phi) is 13.6. The molecule has 10 fully saturated rings. The second kappa shape index (κ2) is 18.0. The van der Waals surface area contributed by atoms with Crippen molar-refractivity contribution in [2.75, 3.05) is 0 Å². The van der Waals surface area contributed by atoms with E-state index in [-0.39, 0.29) is 44.8 Å². The molecule has 0 aromatic heterocycles. The minimum Gasteiger partial charge on any atom is -0.416 e. The number of halogens is 3. The van der Waals surface area contributed by atoms with Gasteiger partial charge in [0.2, 0.25) is 0 Å². The molecule has 7 saturated carbocycles. The van der Waals surface area contributed by atoms with Crippen LogP contribution in [0, 0.1) is 0 Å². The Labute approximate surface area is 382 Å². The molecule has 12 nitrogen and oxygen atoms in total. The largest absolute Gasteiger partial charge is 0.486 e. The van der Waals surface area contributed by atoms with Gasteiger partial charge in [0.1, 0.15) is 0 Å². The molecular weight excluding hydrogens is 954 g/mol. The summed E-state index contributed by atoms with van der Waals surface area (Å²) >= 11 is 0. The zero-order valence-corrected chi connectivity index (χ0v) is 45.9. The quantitative estimate of drug-likeness (QED) is 0.191. The zero-order chi connectivity index (χ0) is 43.8. The van der Waals surface area contributed by atoms with Crippen molar-refractivity contribution in [2.45, 2.75) is 250 Å². The number of hydrogen-bond acceptors (Lipinski definition) is 12. The van der Waals surface area contributed by atoms with Gasteiger partial charge in [-0.05, 0) is 109 Å². The summed E-state index contributed by atoms with van der Waals surface area (Å²) < 4.78 is 122. The molecule has 7 aliphatic carbocycles. The molecule has 23 heteroatoms. The Morgan fingerprint density at radius 2 is 0.667 bits per heavy atom. The van der Waals surface area contributed by atoms with E-state index >= 15 is 0 Å². The second-order valence-corrected chi connectivity index (χ2v) is 48.5. The van der Waals surface area contributed by atoms with E-state index in [2.05, 4.69) is 0 Å². The summed E-state index contributed by atoms with van der Waals surface area (Å²) in [4.78, 5) is 27.8. The predicted octanol–water partition coefficient (Wildman–Crippen LogP) is 11.5. The van der Waals surface area contributed by atoms with E-state index in [1.807, 2.05) is 13.1 Å². The molecule has 0 amide bonds. The normalized spacial score (nSPS) is 43.9. The minimum absolute atomic E-state index is 0.156. The zero-order valence-electron chi connectivity index (χ0n) is 37.9. The van der Waals surface area contributed by atoms with Crippen LogP contribution >= 0.6 is 0 Å². The Bertz CT molecular complexity index is 1540. The van der Waals surface area contributed by atoms with Gasteiger partial charge in [-0.15, -0.1) is 0 Å². The summed E-state index contributed by atoms with van der Waals surface area (Å²) in [5.41, 5.74) is -1.75. The Morgan fingerprint density at radius 3 is 0.968 bits per heavy atom. The van der Waals surface area contributed by atoms with E-state index in [0.717, 1.165) is 141 Å². The number of fused-ring (bicyclic) bond motifs is 3. The lowest BCUT2D eigenvalue weighted by atomic mass is 10.4. The fraction of sp³-hybridized carbons (Fsp3) is 1.00. The molecule has 3 aliphatic heterocycles. The molecule has 4 unspecified atom stereocenters. The van der Waals surface area contributed by atoms with Crippen molar-refractivity contribution in [3.63, 3.8) is 0 Å². The number of rotatable bonds is 11. The van der Waals surface area contributed by atoms with Crippen molar-refractivity contribution in [1.82, 2.24) is 0 Å². The fourth-order valence-electron chi connectivity index (χ4n) is 13.6. The third kappa shape index (κ3) is 9.29. The van der Waals surface area contributed by atoms with Gasteiger partial charge in [-0.2, -0.15) is 13.2 Å². The first kappa shape index (κ1) is 47.7. The molecule has 63 heavy (non-hydrogen) atoms. The van der Waals surface area contributed by atoms with Gasteiger partial charge in [0.05, 0.1) is 0 Å². The second-order valence-electron chi connectivity index (χ2n) is 22.0. The summed E-state index contributed by atoms with van der Waals surface area (Å²) in [6.45, 7) is 3.73. The van der Waals surface area contributed by atoms with E-state index in [4.69, 9.17) is 41.2 Å². The van der Waals surface area contributed by atoms with E-state index in [0.29, 0.717) is 38.5 Å². The first-order chi connectivity index (χ1) is 30.0. The Morgan fingerprint density at radius 1 is 0.413 bits per heavy atom. The lowest BCUT2D eigenvalue weighted by Crippen LogP contribution is -2.85. The summed E-state index contributed by atoms with van der Waals surface area (Å²) in [5, 5.41) is 0. The highest BCUT2D eigenvalue weighted by molar-refractivity contribution is 7.00. The number of alkyl halides is 3. The van der Waals surface area contributed by atoms with Gasteiger partial charge in [-0.25, -0.2) is 0 Å². The summed E-state index contributed by atoms with van der Waals surface area (Å²) in [6.07, 6.45) is 18.1. The van der Waals surface area contributed by atoms with E-state index in [9.17, 15) is 22.8 Å². The van der Waals surface area contributed by atoms with Crippen LogP contribution in [0.3, 0.4) is 0 Å². The van der Waals surface area contributed by atoms with Gasteiger partial charge >= 0.3 is 67.8 Å². The van der Waals surface area contributed by atoms with Crippen molar-refractivity contribution in [2.24, 2.45) is 0 Å². The highest BCUT2D eigenvalue weighted by atomic mass is 28.6. The molecule has 10 rings (SSSR count). The predicted molar refractivity (Wildman–Crippen MR) is 244 cm³/mol. The van der Waals surface area contributed by atoms with Crippen LogP contribution in [-0.2, 0) is 41.2 Å². The van der Waals surface area contributed by atoms with Crippen LogP contribution in [0.25, 0.3) is 0 Å². The molecule has 3 heterocycles. The maximum Gasteiger partial charge on any atom is 0.486 e. The Balaban J connectivity index is 1.26. The highest BCUT2D eigenvalue weighted by Gasteiger charge is 2.83. The molecule has 4 atom stereocenters. The first-order valence-corrected chi connectivity index (χ1v) is 41.3. The average molecular weight is 1030 g/mol. The van der Waals surface area contributed by atoms with Gasteiger partial charge in [0.15, 0.2) is 8.32 Å². The molecule has 4 bridgehead atoms. The molecule has 360 valence electrons. The van der Waals surface area contributed by atoms with E-state index < -0.39 is 82.5 Å². The Hall–Kier alpha value is 1.05. The van der Waals surface area contributed by atoms with Crippen LogP contribution in [0.2, 0.25) is 57.9 Å². The van der Waals surface area contributed by atoms with E-state index in [1.165, 1.54) is 0 Å². The lowest BCUT2D eigenvalue weighted by Gasteiger charge is -2.62. The summed E-state index contributed by atoms with van der Waals surface area (Å²) in [6, 6.07) is -0.169. The lowest BCUT2D eigenvalue weighted by molar-refractivity contribution is -0.131. The maximum atomic E-state index is 14.2. The highest BCUT2D eigenvalue weighted by Crippen LogP contribution is 2.63. The van der Waals surface area contributed by atoms with Crippen LogP contribution in [0.5, 0.6) is 0 Å². The first-order valence-electron chi connectivity index (χ1n) is 25.5. The van der Waals surface area contributed by atoms with Crippen molar-refractivity contribution < 1.29 is 63.9 Å². The van der Waals surface area contributed by atoms with Crippen LogP contribution in [-0.4, -0.2) is 85.7 Å². The monoisotopic (exact) mass is 1030 g/mol. The molecule has 3 saturated heterocycles.